The maximum absolute atomic E-state index is 5.85. The molecule has 1 aliphatic heterocycles. The number of piperazine rings is 1. The smallest absolute Gasteiger partial charge is 0.0901 e. The molecule has 0 spiro atoms. The molecule has 2 fully saturated rings. The molecule has 0 aromatic heterocycles. The first-order chi connectivity index (χ1) is 9.11. The quantitative estimate of drug-likeness (QED) is 0.802. The van der Waals surface area contributed by atoms with E-state index < -0.39 is 0 Å². The van der Waals surface area contributed by atoms with Crippen LogP contribution in [-0.4, -0.2) is 53.1 Å². The fourth-order valence-corrected chi connectivity index (χ4v) is 4.10. The predicted molar refractivity (Wildman–Crippen MR) is 85.4 cm³/mol. The standard InChI is InChI=1S/C15H29N3S/c1-3-14(15(16)19)18-9-7-17(8-10-18)13-6-4-5-12(2)11-13/h12-14H,3-11H2,1-2H3,(H2,16,19). The highest BCUT2D eigenvalue weighted by atomic mass is 32.1. The fraction of sp³-hybridized carbons (Fsp3) is 0.933. The van der Waals surface area contributed by atoms with Crippen LogP contribution in [0.25, 0.3) is 0 Å². The summed E-state index contributed by atoms with van der Waals surface area (Å²) in [5.41, 5.74) is 5.85. The van der Waals surface area contributed by atoms with E-state index in [1.807, 2.05) is 0 Å². The van der Waals surface area contributed by atoms with Crippen molar-refractivity contribution in [1.82, 2.24) is 9.80 Å². The van der Waals surface area contributed by atoms with E-state index in [2.05, 4.69) is 23.6 Å². The molecule has 110 valence electrons. The molecule has 3 atom stereocenters. The number of hydrogen-bond acceptors (Lipinski definition) is 3. The largest absolute Gasteiger partial charge is 0.392 e. The Labute approximate surface area is 123 Å². The van der Waals surface area contributed by atoms with Gasteiger partial charge in [-0.05, 0) is 25.2 Å². The average Bonchev–Trinajstić information content (AvgIpc) is 2.40. The number of nitrogens with zero attached hydrogens (tertiary/aromatic N) is 2. The van der Waals surface area contributed by atoms with Gasteiger partial charge in [-0.1, -0.05) is 38.9 Å². The lowest BCUT2D eigenvalue weighted by Gasteiger charge is -2.43. The first-order valence-corrected chi connectivity index (χ1v) is 8.30. The van der Waals surface area contributed by atoms with Gasteiger partial charge in [-0.3, -0.25) is 9.80 Å². The van der Waals surface area contributed by atoms with Crippen LogP contribution in [0.1, 0.15) is 46.0 Å². The number of hydrogen-bond donors (Lipinski definition) is 1. The third kappa shape index (κ3) is 3.89. The molecule has 19 heavy (non-hydrogen) atoms. The van der Waals surface area contributed by atoms with Crippen molar-refractivity contribution in [3.63, 3.8) is 0 Å². The zero-order valence-electron chi connectivity index (χ0n) is 12.5. The van der Waals surface area contributed by atoms with Crippen LogP contribution in [0.4, 0.5) is 0 Å². The molecular weight excluding hydrogens is 254 g/mol. The van der Waals surface area contributed by atoms with Gasteiger partial charge in [0.25, 0.3) is 0 Å². The van der Waals surface area contributed by atoms with Crippen molar-refractivity contribution in [2.75, 3.05) is 26.2 Å². The molecule has 0 aromatic carbocycles. The second-order valence-corrected chi connectivity index (χ2v) is 6.80. The molecule has 0 aromatic rings. The highest BCUT2D eigenvalue weighted by Gasteiger charge is 2.29. The highest BCUT2D eigenvalue weighted by molar-refractivity contribution is 7.80. The third-order valence-corrected chi connectivity index (χ3v) is 5.20. The van der Waals surface area contributed by atoms with Crippen molar-refractivity contribution >= 4 is 17.2 Å². The molecule has 3 nitrogen and oxygen atoms in total. The van der Waals surface area contributed by atoms with Crippen LogP contribution < -0.4 is 5.73 Å². The van der Waals surface area contributed by atoms with Gasteiger partial charge in [0, 0.05) is 32.2 Å². The maximum atomic E-state index is 5.85. The Morgan fingerprint density at radius 2 is 1.95 bits per heavy atom. The van der Waals surface area contributed by atoms with Gasteiger partial charge in [0.2, 0.25) is 0 Å². The van der Waals surface area contributed by atoms with Crippen LogP contribution in [0.3, 0.4) is 0 Å². The topological polar surface area (TPSA) is 32.5 Å². The van der Waals surface area contributed by atoms with Gasteiger partial charge in [-0.15, -0.1) is 0 Å². The molecule has 1 heterocycles. The van der Waals surface area contributed by atoms with Crippen LogP contribution in [0.5, 0.6) is 0 Å². The first-order valence-electron chi connectivity index (χ1n) is 7.89. The van der Waals surface area contributed by atoms with Gasteiger partial charge in [0.1, 0.15) is 0 Å². The van der Waals surface area contributed by atoms with Crippen LogP contribution >= 0.6 is 12.2 Å². The summed E-state index contributed by atoms with van der Waals surface area (Å²) in [4.78, 5) is 5.85. The van der Waals surface area contributed by atoms with Crippen molar-refractivity contribution in [2.24, 2.45) is 11.7 Å². The zero-order chi connectivity index (χ0) is 13.8. The first kappa shape index (κ1) is 15.2. The minimum atomic E-state index is 0.308. The van der Waals surface area contributed by atoms with Crippen molar-refractivity contribution in [3.05, 3.63) is 0 Å². The van der Waals surface area contributed by atoms with Crippen molar-refractivity contribution in [3.8, 4) is 0 Å². The van der Waals surface area contributed by atoms with Crippen molar-refractivity contribution < 1.29 is 0 Å². The van der Waals surface area contributed by atoms with Crippen LogP contribution in [0.15, 0.2) is 0 Å². The predicted octanol–water partition coefficient (Wildman–Crippen LogP) is 2.25. The van der Waals surface area contributed by atoms with Gasteiger partial charge >= 0.3 is 0 Å². The van der Waals surface area contributed by atoms with Gasteiger partial charge in [-0.2, -0.15) is 0 Å². The summed E-state index contributed by atoms with van der Waals surface area (Å²) >= 11 is 5.19. The molecule has 1 saturated carbocycles. The Morgan fingerprint density at radius 1 is 1.26 bits per heavy atom. The zero-order valence-corrected chi connectivity index (χ0v) is 13.3. The highest BCUT2D eigenvalue weighted by Crippen LogP contribution is 2.28. The lowest BCUT2D eigenvalue weighted by molar-refractivity contribution is 0.0606. The Bertz CT molecular complexity index is 300. The Hall–Kier alpha value is -0.190. The summed E-state index contributed by atoms with van der Waals surface area (Å²) in [7, 11) is 0. The van der Waals surface area contributed by atoms with E-state index in [1.54, 1.807) is 0 Å². The molecule has 1 aliphatic carbocycles. The summed E-state index contributed by atoms with van der Waals surface area (Å²) in [6, 6.07) is 1.14. The summed E-state index contributed by atoms with van der Waals surface area (Å²) in [6.45, 7) is 9.22. The Kier molecular flexibility index (Phi) is 5.60. The van der Waals surface area contributed by atoms with Crippen molar-refractivity contribution in [2.45, 2.75) is 58.0 Å². The molecule has 0 amide bonds. The van der Waals surface area contributed by atoms with Crippen LogP contribution in [0.2, 0.25) is 0 Å². The fourth-order valence-electron chi connectivity index (χ4n) is 3.79. The lowest BCUT2D eigenvalue weighted by atomic mass is 9.86. The van der Waals surface area contributed by atoms with Crippen LogP contribution in [0, 0.1) is 5.92 Å². The van der Waals surface area contributed by atoms with E-state index in [4.69, 9.17) is 18.0 Å². The number of rotatable bonds is 4. The lowest BCUT2D eigenvalue weighted by Crippen LogP contribution is -2.56. The summed E-state index contributed by atoms with van der Waals surface area (Å²) < 4.78 is 0. The minimum Gasteiger partial charge on any atom is -0.392 e. The monoisotopic (exact) mass is 283 g/mol. The molecule has 2 aliphatic rings. The van der Waals surface area contributed by atoms with E-state index in [-0.39, 0.29) is 0 Å². The minimum absolute atomic E-state index is 0.308. The van der Waals surface area contributed by atoms with E-state index in [0.29, 0.717) is 11.0 Å². The Balaban J connectivity index is 1.83. The number of thiocarbonyl (C=S) groups is 1. The second-order valence-electron chi connectivity index (χ2n) is 6.32. The Morgan fingerprint density at radius 3 is 2.47 bits per heavy atom. The molecule has 4 heteroatoms. The van der Waals surface area contributed by atoms with Gasteiger partial charge in [0.05, 0.1) is 11.0 Å². The molecule has 0 bridgehead atoms. The van der Waals surface area contributed by atoms with Crippen LogP contribution in [-0.2, 0) is 0 Å². The molecule has 0 radical (unpaired) electrons. The van der Waals surface area contributed by atoms with E-state index in [0.717, 1.165) is 31.5 Å². The molecule has 2 N–H and O–H groups in total. The average molecular weight is 283 g/mol. The third-order valence-electron chi connectivity index (χ3n) is 4.93. The van der Waals surface area contributed by atoms with Gasteiger partial charge in [-0.25, -0.2) is 0 Å². The molecule has 2 rings (SSSR count). The maximum Gasteiger partial charge on any atom is 0.0901 e. The molecular formula is C15H29N3S. The molecule has 1 saturated heterocycles. The van der Waals surface area contributed by atoms with Crippen molar-refractivity contribution in [1.29, 1.82) is 0 Å². The summed E-state index contributed by atoms with van der Waals surface area (Å²) in [5.74, 6) is 0.914. The van der Waals surface area contributed by atoms with E-state index in [9.17, 15) is 0 Å². The van der Waals surface area contributed by atoms with Gasteiger partial charge < -0.3 is 5.73 Å². The van der Waals surface area contributed by atoms with Gasteiger partial charge in [0.15, 0.2) is 0 Å². The summed E-state index contributed by atoms with van der Waals surface area (Å²) in [5, 5.41) is 0. The second kappa shape index (κ2) is 7.00. The van der Waals surface area contributed by atoms with E-state index in [1.165, 1.54) is 38.8 Å². The number of nitrogens with two attached hydrogens (primary N) is 1. The summed E-state index contributed by atoms with van der Waals surface area (Å²) in [6.07, 6.45) is 6.67. The van der Waals surface area contributed by atoms with E-state index >= 15 is 0 Å². The SMILES string of the molecule is CCC(C(N)=S)N1CCN(C2CCCC(C)C2)CC1. The normalized spacial score (nSPS) is 32.1. The molecule has 3 unspecified atom stereocenters.